The van der Waals surface area contributed by atoms with Gasteiger partial charge in [0.15, 0.2) is 0 Å². The molecule has 0 saturated carbocycles. The molecule has 0 bridgehead atoms. The third kappa shape index (κ3) is 4.10. The van der Waals surface area contributed by atoms with E-state index in [0.717, 1.165) is 22.0 Å². The van der Waals surface area contributed by atoms with E-state index in [0.29, 0.717) is 12.0 Å². The number of aromatic nitrogens is 1. The molecule has 3 aromatic rings. The van der Waals surface area contributed by atoms with Gasteiger partial charge in [-0.3, -0.25) is 14.4 Å². The average molecular weight is 491 g/mol. The Morgan fingerprint density at radius 3 is 2.57 bits per heavy atom. The van der Waals surface area contributed by atoms with Gasteiger partial charge in [0.05, 0.1) is 0 Å². The van der Waals surface area contributed by atoms with Crippen molar-refractivity contribution in [2.45, 2.75) is 62.4 Å². The molecule has 1 saturated heterocycles. The Bertz CT molecular complexity index is 1310. The molecule has 2 aliphatic rings. The lowest BCUT2D eigenvalue weighted by molar-refractivity contribution is -0.132. The first-order chi connectivity index (χ1) is 16.7. The first-order valence-electron chi connectivity index (χ1n) is 11.9. The van der Waals surface area contributed by atoms with Crippen LogP contribution in [0.4, 0.5) is 0 Å². The zero-order chi connectivity index (χ0) is 24.9. The Kier molecular flexibility index (Phi) is 5.87. The highest BCUT2D eigenvalue weighted by Gasteiger charge is 2.57. The van der Waals surface area contributed by atoms with E-state index in [4.69, 9.17) is 0 Å². The Morgan fingerprint density at radius 1 is 1.09 bits per heavy atom. The van der Waals surface area contributed by atoms with Crippen LogP contribution in [0.3, 0.4) is 0 Å². The molecular formula is C27H30N4O3S. The molecule has 3 amide bonds. The molecule has 3 atom stereocenters. The van der Waals surface area contributed by atoms with E-state index in [1.54, 1.807) is 16.7 Å². The minimum Gasteiger partial charge on any atom is -0.361 e. The number of H-pyrrole nitrogens is 1. The second kappa shape index (κ2) is 8.75. The summed E-state index contributed by atoms with van der Waals surface area (Å²) < 4.78 is -0.516. The summed E-state index contributed by atoms with van der Waals surface area (Å²) >= 11 is 1.61. The molecule has 3 N–H and O–H groups in total. The monoisotopic (exact) mass is 490 g/mol. The fourth-order valence-electron chi connectivity index (χ4n) is 5.17. The molecule has 2 aromatic carbocycles. The second-order valence-corrected chi connectivity index (χ2v) is 11.8. The van der Waals surface area contributed by atoms with Gasteiger partial charge in [-0.25, -0.2) is 0 Å². The lowest BCUT2D eigenvalue weighted by Crippen LogP contribution is -2.58. The maximum Gasteiger partial charge on any atom is 0.256 e. The van der Waals surface area contributed by atoms with Gasteiger partial charge in [0.1, 0.15) is 17.5 Å². The highest BCUT2D eigenvalue weighted by atomic mass is 32.2. The van der Waals surface area contributed by atoms with E-state index >= 15 is 0 Å². The molecule has 2 aliphatic heterocycles. The zero-order valence-electron chi connectivity index (χ0n) is 20.3. The lowest BCUT2D eigenvalue weighted by atomic mass is 9.98. The van der Waals surface area contributed by atoms with Gasteiger partial charge in [-0.2, -0.15) is 0 Å². The number of amides is 3. The normalized spacial score (nSPS) is 21.2. The molecule has 0 unspecified atom stereocenters. The van der Waals surface area contributed by atoms with Crippen LogP contribution in [0.25, 0.3) is 10.9 Å². The highest BCUT2D eigenvalue weighted by molar-refractivity contribution is 8.01. The van der Waals surface area contributed by atoms with Crippen molar-refractivity contribution in [1.82, 2.24) is 20.5 Å². The Labute approximate surface area is 209 Å². The van der Waals surface area contributed by atoms with Crippen LogP contribution in [0.1, 0.15) is 54.6 Å². The van der Waals surface area contributed by atoms with Crippen molar-refractivity contribution < 1.29 is 14.4 Å². The number of benzene rings is 2. The van der Waals surface area contributed by atoms with Crippen LogP contribution >= 0.6 is 11.8 Å². The van der Waals surface area contributed by atoms with Crippen LogP contribution in [-0.4, -0.2) is 50.5 Å². The predicted octanol–water partition coefficient (Wildman–Crippen LogP) is 3.77. The smallest absolute Gasteiger partial charge is 0.256 e. The van der Waals surface area contributed by atoms with E-state index in [1.807, 2.05) is 82.4 Å². The summed E-state index contributed by atoms with van der Waals surface area (Å²) in [5, 5.41) is 6.76. The number of aromatic amines is 1. The van der Waals surface area contributed by atoms with E-state index in [-0.39, 0.29) is 29.1 Å². The molecule has 35 heavy (non-hydrogen) atoms. The highest BCUT2D eigenvalue weighted by Crippen LogP contribution is 2.56. The van der Waals surface area contributed by atoms with Gasteiger partial charge >= 0.3 is 0 Å². The van der Waals surface area contributed by atoms with Crippen molar-refractivity contribution >= 4 is 40.4 Å². The van der Waals surface area contributed by atoms with Crippen molar-refractivity contribution in [3.8, 4) is 0 Å². The van der Waals surface area contributed by atoms with Gasteiger partial charge in [-0.15, -0.1) is 11.8 Å². The molecule has 0 spiro atoms. The van der Waals surface area contributed by atoms with Crippen LogP contribution in [0.2, 0.25) is 0 Å². The van der Waals surface area contributed by atoms with E-state index in [2.05, 4.69) is 15.6 Å². The Morgan fingerprint density at radius 2 is 1.80 bits per heavy atom. The predicted molar refractivity (Wildman–Crippen MR) is 138 cm³/mol. The number of nitrogens with one attached hydrogen (secondary N) is 3. The summed E-state index contributed by atoms with van der Waals surface area (Å²) in [6.07, 6.45) is 2.23. The number of hydrogen-bond acceptors (Lipinski definition) is 4. The molecule has 1 aromatic heterocycles. The average Bonchev–Trinajstić information content (AvgIpc) is 3.42. The Balaban J connectivity index is 1.43. The van der Waals surface area contributed by atoms with E-state index < -0.39 is 16.8 Å². The van der Waals surface area contributed by atoms with E-state index in [1.165, 1.54) is 0 Å². The first-order valence-corrected chi connectivity index (χ1v) is 12.8. The van der Waals surface area contributed by atoms with Crippen LogP contribution in [0.15, 0.2) is 54.7 Å². The quantitative estimate of drug-likeness (QED) is 0.490. The SMILES string of the molecule is CC(C)NC(=O)[C@H](Cc1c[nH]c2ccccc12)NC(=O)[C@H]1N2C(=O)c3ccccc3[C@@H]2SC1(C)C. The molecule has 0 radical (unpaired) electrons. The number of hydrogen-bond donors (Lipinski definition) is 3. The van der Waals surface area contributed by atoms with Crippen molar-refractivity contribution in [2.24, 2.45) is 0 Å². The molecule has 5 rings (SSSR count). The minimum atomic E-state index is -0.774. The van der Waals surface area contributed by atoms with Gasteiger partial charge in [-0.1, -0.05) is 36.4 Å². The van der Waals surface area contributed by atoms with Crippen LogP contribution < -0.4 is 10.6 Å². The standard InChI is InChI=1S/C27H30N4O3S/c1-15(2)29-23(32)21(13-16-14-28-20-12-8-7-9-17(16)20)30-24(33)22-27(3,4)35-26-19-11-6-5-10-18(19)25(34)31(22)26/h5-12,14-15,21-22,26,28H,13H2,1-4H3,(H,29,32)(H,30,33)/t21-,22+,26-/m0/s1. The van der Waals surface area contributed by atoms with Crippen molar-refractivity contribution in [1.29, 1.82) is 0 Å². The third-order valence-corrected chi connectivity index (χ3v) is 8.24. The van der Waals surface area contributed by atoms with E-state index in [9.17, 15) is 14.4 Å². The van der Waals surface area contributed by atoms with Crippen LogP contribution in [-0.2, 0) is 16.0 Å². The summed E-state index contributed by atoms with van der Waals surface area (Å²) in [4.78, 5) is 45.2. The fraction of sp³-hybridized carbons (Fsp3) is 0.370. The van der Waals surface area contributed by atoms with Crippen LogP contribution in [0, 0.1) is 0 Å². The molecule has 7 nitrogen and oxygen atoms in total. The second-order valence-electron chi connectivity index (χ2n) is 10.1. The number of carbonyl (C=O) groups is 3. The Hall–Kier alpha value is -3.26. The maximum atomic E-state index is 13.8. The number of carbonyl (C=O) groups excluding carboxylic acids is 3. The van der Waals surface area contributed by atoms with Crippen molar-refractivity contribution in [3.63, 3.8) is 0 Å². The molecule has 8 heteroatoms. The van der Waals surface area contributed by atoms with Crippen molar-refractivity contribution in [2.75, 3.05) is 0 Å². The number of thioether (sulfide) groups is 1. The van der Waals surface area contributed by atoms with Gasteiger partial charge in [0.25, 0.3) is 5.91 Å². The first kappa shape index (κ1) is 23.5. The fourth-order valence-corrected chi connectivity index (χ4v) is 6.76. The number of para-hydroxylation sites is 1. The van der Waals surface area contributed by atoms with Crippen LogP contribution in [0.5, 0.6) is 0 Å². The largest absolute Gasteiger partial charge is 0.361 e. The van der Waals surface area contributed by atoms with Gasteiger partial charge in [0.2, 0.25) is 11.8 Å². The maximum absolute atomic E-state index is 13.8. The molecule has 3 heterocycles. The zero-order valence-corrected chi connectivity index (χ0v) is 21.1. The summed E-state index contributed by atoms with van der Waals surface area (Å²) in [5.74, 6) is -0.687. The lowest BCUT2D eigenvalue weighted by Gasteiger charge is -2.31. The molecule has 182 valence electrons. The topological polar surface area (TPSA) is 94.3 Å². The molecule has 0 aliphatic carbocycles. The van der Waals surface area contributed by atoms with Gasteiger partial charge in [0, 0.05) is 39.9 Å². The van der Waals surface area contributed by atoms with Gasteiger partial charge in [-0.05, 0) is 51.0 Å². The number of fused-ring (bicyclic) bond motifs is 4. The summed E-state index contributed by atoms with van der Waals surface area (Å²) in [6, 6.07) is 13.9. The number of nitrogens with zero attached hydrogens (tertiary/aromatic N) is 1. The summed E-state index contributed by atoms with van der Waals surface area (Å²) in [6.45, 7) is 7.76. The third-order valence-electron chi connectivity index (χ3n) is 6.71. The minimum absolute atomic E-state index is 0.0672. The summed E-state index contributed by atoms with van der Waals surface area (Å²) in [7, 11) is 0. The number of rotatable bonds is 6. The summed E-state index contributed by atoms with van der Waals surface area (Å²) in [5.41, 5.74) is 3.52. The van der Waals surface area contributed by atoms with Crippen molar-refractivity contribution in [3.05, 3.63) is 71.4 Å². The molecule has 1 fully saturated rings. The van der Waals surface area contributed by atoms with Gasteiger partial charge < -0.3 is 20.5 Å². The molecular weight excluding hydrogens is 460 g/mol.